The molecule has 2 heterocycles. The number of hydrogen-bond acceptors (Lipinski definition) is 6. The maximum absolute atomic E-state index is 13.4. The number of likely N-dealkylation sites (tertiary alicyclic amines) is 2. The summed E-state index contributed by atoms with van der Waals surface area (Å²) < 4.78 is 10.5. The average molecular weight is 503 g/mol. The van der Waals surface area contributed by atoms with E-state index < -0.39 is 29.2 Å². The summed E-state index contributed by atoms with van der Waals surface area (Å²) in [6, 6.07) is 8.25. The summed E-state index contributed by atoms with van der Waals surface area (Å²) in [5, 5.41) is 5.25. The van der Waals surface area contributed by atoms with Gasteiger partial charge >= 0.3 is 12.2 Å². The van der Waals surface area contributed by atoms with Gasteiger partial charge in [-0.1, -0.05) is 51.1 Å². The molecule has 1 aromatic carbocycles. The predicted molar refractivity (Wildman–Crippen MR) is 133 cm³/mol. The molecule has 10 nitrogen and oxygen atoms in total. The lowest BCUT2D eigenvalue weighted by Gasteiger charge is -2.39. The summed E-state index contributed by atoms with van der Waals surface area (Å²) in [5.41, 5.74) is -0.351. The third-order valence-corrected chi connectivity index (χ3v) is 6.21. The molecule has 0 aliphatic carbocycles. The minimum atomic E-state index is -0.767. The van der Waals surface area contributed by atoms with Crippen molar-refractivity contribution in [1.82, 2.24) is 20.4 Å². The van der Waals surface area contributed by atoms with E-state index in [1.54, 1.807) is 30.6 Å². The molecule has 0 unspecified atom stereocenters. The van der Waals surface area contributed by atoms with Gasteiger partial charge in [-0.25, -0.2) is 9.59 Å². The number of piperazine rings is 1. The van der Waals surface area contributed by atoms with Crippen molar-refractivity contribution >= 4 is 24.0 Å². The van der Waals surface area contributed by atoms with E-state index in [4.69, 9.17) is 9.47 Å². The highest BCUT2D eigenvalue weighted by atomic mass is 16.6. The molecule has 2 bridgehead atoms. The highest BCUT2D eigenvalue weighted by Gasteiger charge is 2.49. The normalized spacial score (nSPS) is 20.1. The first-order chi connectivity index (χ1) is 16.7. The van der Waals surface area contributed by atoms with Crippen LogP contribution in [0.25, 0.3) is 0 Å². The molecule has 0 spiro atoms. The van der Waals surface area contributed by atoms with Gasteiger partial charge in [-0.15, -0.1) is 0 Å². The van der Waals surface area contributed by atoms with Gasteiger partial charge in [0.1, 0.15) is 24.8 Å². The Hall–Kier alpha value is -3.30. The zero-order valence-corrected chi connectivity index (χ0v) is 22.0. The van der Waals surface area contributed by atoms with E-state index in [1.807, 2.05) is 51.1 Å². The summed E-state index contributed by atoms with van der Waals surface area (Å²) in [5.74, 6) is -0.402. The van der Waals surface area contributed by atoms with Crippen LogP contribution in [-0.2, 0) is 25.7 Å². The zero-order chi connectivity index (χ0) is 26.7. The van der Waals surface area contributed by atoms with Crippen LogP contribution in [0.2, 0.25) is 0 Å². The Morgan fingerprint density at radius 2 is 1.56 bits per heavy atom. The van der Waals surface area contributed by atoms with Crippen molar-refractivity contribution in [3.05, 3.63) is 35.9 Å². The molecular formula is C26H38N4O6. The van der Waals surface area contributed by atoms with Crippen LogP contribution < -0.4 is 10.6 Å². The average Bonchev–Trinajstić information content (AvgIpc) is 3.39. The number of fused-ring (bicyclic) bond motifs is 2. The van der Waals surface area contributed by atoms with Crippen molar-refractivity contribution in [2.45, 2.75) is 78.3 Å². The molecule has 2 aliphatic rings. The highest BCUT2D eigenvalue weighted by Crippen LogP contribution is 2.33. The van der Waals surface area contributed by atoms with Gasteiger partial charge in [0.05, 0.1) is 12.1 Å². The number of carbonyl (C=O) groups excluding carboxylic acids is 4. The molecule has 2 fully saturated rings. The van der Waals surface area contributed by atoms with E-state index in [1.165, 1.54) is 0 Å². The smallest absolute Gasteiger partial charge is 0.408 e. The minimum Gasteiger partial charge on any atom is -0.445 e. The molecule has 0 saturated carbocycles. The van der Waals surface area contributed by atoms with Crippen molar-refractivity contribution < 1.29 is 28.7 Å². The van der Waals surface area contributed by atoms with E-state index in [0.717, 1.165) is 5.56 Å². The van der Waals surface area contributed by atoms with Crippen molar-refractivity contribution in [1.29, 1.82) is 0 Å². The highest BCUT2D eigenvalue weighted by molar-refractivity contribution is 5.88. The molecule has 0 aromatic heterocycles. The van der Waals surface area contributed by atoms with Crippen LogP contribution in [0.1, 0.15) is 53.5 Å². The van der Waals surface area contributed by atoms with Crippen LogP contribution in [0.4, 0.5) is 9.59 Å². The van der Waals surface area contributed by atoms with Gasteiger partial charge in [0, 0.05) is 13.1 Å². The minimum absolute atomic E-state index is 0.124. The second-order valence-electron chi connectivity index (χ2n) is 11.4. The number of nitrogens with zero attached hydrogens (tertiary/aromatic N) is 2. The lowest BCUT2D eigenvalue weighted by atomic mass is 9.85. The lowest BCUT2D eigenvalue weighted by molar-refractivity contribution is -0.142. The molecule has 198 valence electrons. The molecule has 10 heteroatoms. The number of amides is 4. The second kappa shape index (κ2) is 10.8. The number of ether oxygens (including phenoxy) is 2. The Kier molecular flexibility index (Phi) is 8.15. The molecule has 1 aromatic rings. The third kappa shape index (κ3) is 7.11. The van der Waals surface area contributed by atoms with E-state index in [0.29, 0.717) is 19.5 Å². The van der Waals surface area contributed by atoms with Crippen molar-refractivity contribution in [2.75, 3.05) is 19.6 Å². The largest absolute Gasteiger partial charge is 0.445 e. The fourth-order valence-electron chi connectivity index (χ4n) is 4.51. The van der Waals surface area contributed by atoms with Gasteiger partial charge in [-0.3, -0.25) is 9.59 Å². The van der Waals surface area contributed by atoms with Crippen LogP contribution >= 0.6 is 0 Å². The Labute approximate surface area is 212 Å². The van der Waals surface area contributed by atoms with Gasteiger partial charge in [-0.05, 0) is 38.2 Å². The standard InChI is InChI=1S/C26H38N4O6/c1-25(2,3)21(28-24(34)36-26(4,5)6)22(32)30-15-18-12-19(30)14-29(18)20(31)13-27-23(33)35-16-17-10-8-7-9-11-17/h7-11,18-19,21H,12-16H2,1-6H3,(H,27,33)(H,28,34)/t18-,19-,21+/m0/s1. The van der Waals surface area contributed by atoms with Gasteiger partial charge in [-0.2, -0.15) is 0 Å². The monoisotopic (exact) mass is 502 g/mol. The first kappa shape index (κ1) is 27.3. The summed E-state index contributed by atoms with van der Waals surface area (Å²) in [6.45, 7) is 11.7. The molecule has 36 heavy (non-hydrogen) atoms. The molecule has 3 rings (SSSR count). The topological polar surface area (TPSA) is 117 Å². The van der Waals surface area contributed by atoms with Gasteiger partial charge in [0.25, 0.3) is 0 Å². The maximum Gasteiger partial charge on any atom is 0.408 e. The van der Waals surface area contributed by atoms with Gasteiger partial charge in [0.15, 0.2) is 0 Å². The van der Waals surface area contributed by atoms with Crippen LogP contribution in [0, 0.1) is 5.41 Å². The summed E-state index contributed by atoms with van der Waals surface area (Å²) in [6.07, 6.45) is -0.629. The molecule has 2 saturated heterocycles. The number of rotatable bonds is 6. The molecular weight excluding hydrogens is 464 g/mol. The van der Waals surface area contributed by atoms with Crippen LogP contribution in [-0.4, -0.2) is 77.2 Å². The SMILES string of the molecule is CC(C)(C)OC(=O)N[C@H](C(=O)N1C[C@@H]2C[C@H]1CN2C(=O)CNC(=O)OCc1ccccc1)C(C)(C)C. The van der Waals surface area contributed by atoms with Crippen molar-refractivity contribution in [3.8, 4) is 0 Å². The Morgan fingerprint density at radius 1 is 0.944 bits per heavy atom. The predicted octanol–water partition coefficient (Wildman–Crippen LogP) is 2.66. The van der Waals surface area contributed by atoms with E-state index in [-0.39, 0.29) is 37.0 Å². The number of carbonyl (C=O) groups is 4. The number of alkyl carbamates (subject to hydrolysis) is 2. The van der Waals surface area contributed by atoms with E-state index in [9.17, 15) is 19.2 Å². The summed E-state index contributed by atoms with van der Waals surface area (Å²) in [4.78, 5) is 54.0. The molecule has 2 aliphatic heterocycles. The number of nitrogens with one attached hydrogen (secondary N) is 2. The van der Waals surface area contributed by atoms with Gasteiger partial charge in [0.2, 0.25) is 11.8 Å². The first-order valence-corrected chi connectivity index (χ1v) is 12.3. The van der Waals surface area contributed by atoms with Crippen molar-refractivity contribution in [3.63, 3.8) is 0 Å². The molecule has 3 atom stereocenters. The Morgan fingerprint density at radius 3 is 2.11 bits per heavy atom. The summed E-state index contributed by atoms with van der Waals surface area (Å²) in [7, 11) is 0. The maximum atomic E-state index is 13.4. The molecule has 2 N–H and O–H groups in total. The second-order valence-corrected chi connectivity index (χ2v) is 11.4. The molecule has 4 amide bonds. The Bertz CT molecular complexity index is 969. The van der Waals surface area contributed by atoms with Crippen LogP contribution in [0.5, 0.6) is 0 Å². The quantitative estimate of drug-likeness (QED) is 0.618. The van der Waals surface area contributed by atoms with Crippen LogP contribution in [0.15, 0.2) is 30.3 Å². The van der Waals surface area contributed by atoms with Gasteiger partial charge < -0.3 is 29.9 Å². The third-order valence-electron chi connectivity index (χ3n) is 6.21. The van der Waals surface area contributed by atoms with Crippen LogP contribution in [0.3, 0.4) is 0 Å². The number of hydrogen-bond donors (Lipinski definition) is 2. The molecule has 0 radical (unpaired) electrons. The summed E-state index contributed by atoms with van der Waals surface area (Å²) >= 11 is 0. The zero-order valence-electron chi connectivity index (χ0n) is 22.0. The number of benzene rings is 1. The lowest BCUT2D eigenvalue weighted by Crippen LogP contribution is -2.60. The van der Waals surface area contributed by atoms with E-state index in [2.05, 4.69) is 10.6 Å². The van der Waals surface area contributed by atoms with Crippen molar-refractivity contribution in [2.24, 2.45) is 5.41 Å². The first-order valence-electron chi connectivity index (χ1n) is 12.3. The van der Waals surface area contributed by atoms with E-state index >= 15 is 0 Å². The Balaban J connectivity index is 1.50. The fourth-order valence-corrected chi connectivity index (χ4v) is 4.51. The fraction of sp³-hybridized carbons (Fsp3) is 0.615.